The summed E-state index contributed by atoms with van der Waals surface area (Å²) in [5.74, 6) is 2.65. The number of hydrogen-bond donors (Lipinski definition) is 1. The number of aliphatic hydroxyl groups is 1. The summed E-state index contributed by atoms with van der Waals surface area (Å²) in [6.07, 6.45) is 6.59. The Morgan fingerprint density at radius 3 is 2.76 bits per heavy atom. The zero-order chi connectivity index (χ0) is 11.8. The van der Waals surface area contributed by atoms with E-state index >= 15 is 0 Å². The van der Waals surface area contributed by atoms with E-state index in [1.165, 1.54) is 25.7 Å². The number of methoxy groups -OCH3 is 1. The molecule has 4 atom stereocenters. The van der Waals surface area contributed by atoms with E-state index in [1.54, 1.807) is 13.3 Å². The van der Waals surface area contributed by atoms with Crippen LogP contribution >= 0.6 is 0 Å². The van der Waals surface area contributed by atoms with Crippen molar-refractivity contribution in [2.75, 3.05) is 7.11 Å². The fraction of sp³-hybridized carbons (Fsp3) is 0.643. The molecule has 2 aliphatic carbocycles. The van der Waals surface area contributed by atoms with Crippen LogP contribution in [0.1, 0.15) is 37.4 Å². The molecule has 2 saturated carbocycles. The summed E-state index contributed by atoms with van der Waals surface area (Å²) in [4.78, 5) is 4.17. The highest BCUT2D eigenvalue weighted by Crippen LogP contribution is 2.52. The molecule has 4 unspecified atom stereocenters. The highest BCUT2D eigenvalue weighted by molar-refractivity contribution is 5.21. The van der Waals surface area contributed by atoms with Crippen LogP contribution in [0.5, 0.6) is 5.88 Å². The normalized spacial score (nSPS) is 32.7. The molecule has 2 bridgehead atoms. The number of rotatable bonds is 3. The van der Waals surface area contributed by atoms with E-state index in [4.69, 9.17) is 4.74 Å². The van der Waals surface area contributed by atoms with Gasteiger partial charge in [-0.3, -0.25) is 0 Å². The van der Waals surface area contributed by atoms with Crippen molar-refractivity contribution in [2.45, 2.75) is 31.8 Å². The van der Waals surface area contributed by atoms with Crippen LogP contribution in [0.2, 0.25) is 0 Å². The van der Waals surface area contributed by atoms with Gasteiger partial charge in [-0.1, -0.05) is 6.42 Å². The van der Waals surface area contributed by atoms with Crippen molar-refractivity contribution in [1.82, 2.24) is 4.98 Å². The molecule has 0 aliphatic heterocycles. The summed E-state index contributed by atoms with van der Waals surface area (Å²) in [6, 6.07) is 3.76. The first-order valence-electron chi connectivity index (χ1n) is 6.46. The van der Waals surface area contributed by atoms with Gasteiger partial charge in [0.05, 0.1) is 13.2 Å². The molecule has 3 heteroatoms. The molecule has 1 aromatic heterocycles. The Bertz CT molecular complexity index is 390. The molecule has 0 radical (unpaired) electrons. The van der Waals surface area contributed by atoms with E-state index in [1.807, 2.05) is 12.1 Å². The molecule has 3 nitrogen and oxygen atoms in total. The smallest absolute Gasteiger partial charge is 0.212 e. The Morgan fingerprint density at radius 2 is 2.24 bits per heavy atom. The van der Waals surface area contributed by atoms with Gasteiger partial charge in [-0.2, -0.15) is 0 Å². The molecule has 2 fully saturated rings. The van der Waals surface area contributed by atoms with Crippen LogP contribution in [-0.4, -0.2) is 17.2 Å². The molecule has 0 saturated heterocycles. The molecule has 0 amide bonds. The summed E-state index contributed by atoms with van der Waals surface area (Å²) in [6.45, 7) is 0. The second kappa shape index (κ2) is 4.30. The zero-order valence-corrected chi connectivity index (χ0v) is 10.2. The average molecular weight is 233 g/mol. The lowest BCUT2D eigenvalue weighted by molar-refractivity contribution is 0.0741. The molecule has 1 heterocycles. The molecule has 0 aromatic carbocycles. The highest BCUT2D eigenvalue weighted by Gasteiger charge is 2.43. The fourth-order valence-corrected chi connectivity index (χ4v) is 3.62. The van der Waals surface area contributed by atoms with Crippen molar-refractivity contribution >= 4 is 0 Å². The van der Waals surface area contributed by atoms with Crippen molar-refractivity contribution in [3.8, 4) is 5.88 Å². The van der Waals surface area contributed by atoms with Gasteiger partial charge < -0.3 is 9.84 Å². The minimum Gasteiger partial charge on any atom is -0.481 e. The van der Waals surface area contributed by atoms with Crippen molar-refractivity contribution in [2.24, 2.45) is 17.8 Å². The molecular formula is C14H19NO2. The summed E-state index contributed by atoms with van der Waals surface area (Å²) in [5.41, 5.74) is 0.934. The fourth-order valence-electron chi connectivity index (χ4n) is 3.62. The molecule has 1 N–H and O–H groups in total. The second-order valence-corrected chi connectivity index (χ2v) is 5.42. The van der Waals surface area contributed by atoms with Gasteiger partial charge in [-0.05, 0) is 48.6 Å². The lowest BCUT2D eigenvalue weighted by Crippen LogP contribution is -2.19. The van der Waals surface area contributed by atoms with Crippen LogP contribution in [0.25, 0.3) is 0 Å². The first-order chi connectivity index (χ1) is 8.28. The number of aliphatic hydroxyl groups excluding tert-OH is 1. The maximum absolute atomic E-state index is 10.4. The SMILES string of the molecule is COc1ccc(C(O)C2CC3CCC2C3)cn1. The van der Waals surface area contributed by atoms with E-state index in [0.29, 0.717) is 11.8 Å². The Labute approximate surface area is 102 Å². The lowest BCUT2D eigenvalue weighted by atomic mass is 9.82. The Morgan fingerprint density at radius 1 is 1.35 bits per heavy atom. The first-order valence-corrected chi connectivity index (χ1v) is 6.46. The van der Waals surface area contributed by atoms with Gasteiger partial charge in [0.1, 0.15) is 0 Å². The van der Waals surface area contributed by atoms with Crippen LogP contribution < -0.4 is 4.74 Å². The minimum absolute atomic E-state index is 0.344. The van der Waals surface area contributed by atoms with Gasteiger partial charge >= 0.3 is 0 Å². The molecule has 92 valence electrons. The average Bonchev–Trinajstić information content (AvgIpc) is 3.00. The predicted octanol–water partition coefficient (Wildman–Crippen LogP) is 2.56. The van der Waals surface area contributed by atoms with Crippen LogP contribution in [0.4, 0.5) is 0 Å². The monoisotopic (exact) mass is 233 g/mol. The molecule has 0 spiro atoms. The molecular weight excluding hydrogens is 214 g/mol. The molecule has 3 rings (SSSR count). The maximum atomic E-state index is 10.4. The van der Waals surface area contributed by atoms with Gasteiger partial charge in [0, 0.05) is 12.3 Å². The van der Waals surface area contributed by atoms with Crippen LogP contribution in [0, 0.1) is 17.8 Å². The number of aromatic nitrogens is 1. The largest absolute Gasteiger partial charge is 0.481 e. The zero-order valence-electron chi connectivity index (χ0n) is 10.2. The minimum atomic E-state index is -0.344. The summed E-state index contributed by atoms with van der Waals surface area (Å²) < 4.78 is 5.03. The standard InChI is InChI=1S/C14H19NO2/c1-17-13-5-4-11(8-15-13)14(16)12-7-9-2-3-10(12)6-9/h4-5,8-10,12,14,16H,2-3,6-7H2,1H3. The van der Waals surface area contributed by atoms with Crippen molar-refractivity contribution < 1.29 is 9.84 Å². The quantitative estimate of drug-likeness (QED) is 0.872. The van der Waals surface area contributed by atoms with Crippen molar-refractivity contribution in [1.29, 1.82) is 0 Å². The maximum Gasteiger partial charge on any atom is 0.212 e. The van der Waals surface area contributed by atoms with Gasteiger partial charge in [0.25, 0.3) is 0 Å². The lowest BCUT2D eigenvalue weighted by Gasteiger charge is -2.26. The predicted molar refractivity (Wildman–Crippen MR) is 64.7 cm³/mol. The van der Waals surface area contributed by atoms with E-state index in [9.17, 15) is 5.11 Å². The third kappa shape index (κ3) is 1.93. The molecule has 1 aromatic rings. The number of ether oxygens (including phenoxy) is 1. The van der Waals surface area contributed by atoms with Gasteiger partial charge in [-0.25, -0.2) is 4.98 Å². The third-order valence-electron chi connectivity index (χ3n) is 4.51. The van der Waals surface area contributed by atoms with Gasteiger partial charge in [0.15, 0.2) is 0 Å². The summed E-state index contributed by atoms with van der Waals surface area (Å²) in [5, 5.41) is 10.4. The van der Waals surface area contributed by atoms with E-state index in [-0.39, 0.29) is 6.10 Å². The summed E-state index contributed by atoms with van der Waals surface area (Å²) >= 11 is 0. The van der Waals surface area contributed by atoms with Crippen LogP contribution in [0.15, 0.2) is 18.3 Å². The van der Waals surface area contributed by atoms with E-state index < -0.39 is 0 Å². The number of nitrogens with zero attached hydrogens (tertiary/aromatic N) is 1. The number of pyridine rings is 1. The van der Waals surface area contributed by atoms with Crippen molar-refractivity contribution in [3.63, 3.8) is 0 Å². The highest BCUT2D eigenvalue weighted by atomic mass is 16.5. The van der Waals surface area contributed by atoms with E-state index in [0.717, 1.165) is 17.4 Å². The van der Waals surface area contributed by atoms with Gasteiger partial charge in [-0.15, -0.1) is 0 Å². The molecule has 17 heavy (non-hydrogen) atoms. The van der Waals surface area contributed by atoms with Crippen LogP contribution in [-0.2, 0) is 0 Å². The van der Waals surface area contributed by atoms with Crippen LogP contribution in [0.3, 0.4) is 0 Å². The number of fused-ring (bicyclic) bond motifs is 2. The number of hydrogen-bond acceptors (Lipinski definition) is 3. The van der Waals surface area contributed by atoms with Crippen molar-refractivity contribution in [3.05, 3.63) is 23.9 Å². The Kier molecular flexibility index (Phi) is 2.79. The first kappa shape index (κ1) is 11.0. The summed E-state index contributed by atoms with van der Waals surface area (Å²) in [7, 11) is 1.61. The van der Waals surface area contributed by atoms with Gasteiger partial charge in [0.2, 0.25) is 5.88 Å². The Hall–Kier alpha value is -1.09. The Balaban J connectivity index is 1.74. The third-order valence-corrected chi connectivity index (χ3v) is 4.51. The topological polar surface area (TPSA) is 42.4 Å². The molecule has 2 aliphatic rings. The van der Waals surface area contributed by atoms with E-state index in [2.05, 4.69) is 4.98 Å². The second-order valence-electron chi connectivity index (χ2n) is 5.42.